The van der Waals surface area contributed by atoms with Crippen LogP contribution in [0.4, 0.5) is 10.5 Å². The molecule has 0 spiro atoms. The molecular formula is C17H20N4O2. The number of nitrogens with zero attached hydrogens (tertiary/aromatic N) is 2. The first-order chi connectivity index (χ1) is 11.2. The van der Waals surface area contributed by atoms with Crippen molar-refractivity contribution in [1.82, 2.24) is 15.3 Å². The lowest BCUT2D eigenvalue weighted by atomic mass is 9.93. The van der Waals surface area contributed by atoms with Crippen LogP contribution in [0.3, 0.4) is 0 Å². The molecule has 2 aromatic rings. The van der Waals surface area contributed by atoms with Crippen LogP contribution in [-0.4, -0.2) is 16.0 Å². The average molecular weight is 312 g/mol. The summed E-state index contributed by atoms with van der Waals surface area (Å²) in [6, 6.07) is 1.75. The third-order valence-corrected chi connectivity index (χ3v) is 4.51. The highest BCUT2D eigenvalue weighted by Gasteiger charge is 2.29. The van der Waals surface area contributed by atoms with E-state index >= 15 is 0 Å². The van der Waals surface area contributed by atoms with Crippen molar-refractivity contribution in [3.8, 4) is 0 Å². The van der Waals surface area contributed by atoms with Crippen LogP contribution in [0.1, 0.15) is 60.5 Å². The lowest BCUT2D eigenvalue weighted by Gasteiger charge is -2.23. The van der Waals surface area contributed by atoms with Crippen molar-refractivity contribution < 1.29 is 9.21 Å². The molecule has 0 saturated heterocycles. The summed E-state index contributed by atoms with van der Waals surface area (Å²) in [5, 5.41) is 5.97. The second-order valence-corrected chi connectivity index (χ2v) is 6.33. The normalized spacial score (nSPS) is 20.0. The van der Waals surface area contributed by atoms with Crippen LogP contribution in [0.2, 0.25) is 0 Å². The van der Waals surface area contributed by atoms with Gasteiger partial charge in [0.25, 0.3) is 0 Å². The molecule has 0 radical (unpaired) electrons. The number of nitrogens with one attached hydrogen (secondary N) is 2. The standard InChI is InChI=1S/C17H20N4O2/c1-10-18-9-14(16(19-10)11-5-6-11)21-17(22)20-13-3-2-4-15-12(13)7-8-23-15/h7-9,11,13H,2-6H2,1H3,(H2,20,21,22)/t13-/m1/s1. The number of hydrogen-bond acceptors (Lipinski definition) is 4. The van der Waals surface area contributed by atoms with E-state index in [0.717, 1.165) is 60.6 Å². The minimum Gasteiger partial charge on any atom is -0.469 e. The quantitative estimate of drug-likeness (QED) is 0.909. The maximum absolute atomic E-state index is 12.4. The molecule has 23 heavy (non-hydrogen) atoms. The average Bonchev–Trinajstić information content (AvgIpc) is 3.26. The molecule has 2 N–H and O–H groups in total. The van der Waals surface area contributed by atoms with Gasteiger partial charge in [0.2, 0.25) is 0 Å². The summed E-state index contributed by atoms with van der Waals surface area (Å²) in [5.41, 5.74) is 2.77. The highest BCUT2D eigenvalue weighted by molar-refractivity contribution is 5.90. The van der Waals surface area contributed by atoms with Crippen LogP contribution in [0.25, 0.3) is 0 Å². The minimum atomic E-state index is -0.210. The number of carbonyl (C=O) groups is 1. The van der Waals surface area contributed by atoms with Crippen molar-refractivity contribution in [3.63, 3.8) is 0 Å². The van der Waals surface area contributed by atoms with Crippen LogP contribution in [0, 0.1) is 6.92 Å². The summed E-state index contributed by atoms with van der Waals surface area (Å²) in [4.78, 5) is 21.1. The SMILES string of the molecule is Cc1ncc(NC(=O)N[C@@H]2CCCc3occc32)c(C2CC2)n1. The van der Waals surface area contributed by atoms with Crippen LogP contribution >= 0.6 is 0 Å². The van der Waals surface area contributed by atoms with Gasteiger partial charge in [-0.1, -0.05) is 0 Å². The van der Waals surface area contributed by atoms with Gasteiger partial charge in [-0.05, 0) is 38.7 Å². The largest absolute Gasteiger partial charge is 0.469 e. The molecule has 6 nitrogen and oxygen atoms in total. The molecule has 1 atom stereocenters. The molecule has 2 aliphatic rings. The van der Waals surface area contributed by atoms with E-state index < -0.39 is 0 Å². The Balaban J connectivity index is 1.47. The van der Waals surface area contributed by atoms with Crippen LogP contribution in [0.15, 0.2) is 22.9 Å². The van der Waals surface area contributed by atoms with E-state index in [0.29, 0.717) is 5.92 Å². The van der Waals surface area contributed by atoms with E-state index in [9.17, 15) is 4.79 Å². The molecule has 0 aliphatic heterocycles. The molecule has 4 rings (SSSR count). The van der Waals surface area contributed by atoms with Gasteiger partial charge < -0.3 is 15.1 Å². The number of aromatic nitrogens is 2. The topological polar surface area (TPSA) is 80.0 Å². The summed E-state index contributed by atoms with van der Waals surface area (Å²) in [6.45, 7) is 1.87. The fraction of sp³-hybridized carbons (Fsp3) is 0.471. The maximum Gasteiger partial charge on any atom is 0.319 e. The second-order valence-electron chi connectivity index (χ2n) is 6.33. The number of carbonyl (C=O) groups excluding carboxylic acids is 1. The first kappa shape index (κ1) is 14.2. The van der Waals surface area contributed by atoms with Crippen molar-refractivity contribution in [2.45, 2.75) is 51.0 Å². The summed E-state index contributed by atoms with van der Waals surface area (Å²) < 4.78 is 5.47. The number of furan rings is 1. The molecule has 0 unspecified atom stereocenters. The summed E-state index contributed by atoms with van der Waals surface area (Å²) in [7, 11) is 0. The number of aryl methyl sites for hydroxylation is 2. The van der Waals surface area contributed by atoms with Crippen LogP contribution < -0.4 is 10.6 Å². The van der Waals surface area contributed by atoms with Gasteiger partial charge in [-0.25, -0.2) is 14.8 Å². The van der Waals surface area contributed by atoms with Gasteiger partial charge >= 0.3 is 6.03 Å². The fourth-order valence-electron chi connectivity index (χ4n) is 3.20. The first-order valence-electron chi connectivity index (χ1n) is 8.18. The summed E-state index contributed by atoms with van der Waals surface area (Å²) in [5.74, 6) is 2.19. The van der Waals surface area contributed by atoms with E-state index in [2.05, 4.69) is 20.6 Å². The van der Waals surface area contributed by atoms with Gasteiger partial charge in [0, 0.05) is 17.9 Å². The molecule has 120 valence electrons. The number of fused-ring (bicyclic) bond motifs is 1. The van der Waals surface area contributed by atoms with Crippen molar-refractivity contribution in [2.75, 3.05) is 5.32 Å². The van der Waals surface area contributed by atoms with Gasteiger partial charge in [0.15, 0.2) is 0 Å². The number of urea groups is 1. The fourth-order valence-corrected chi connectivity index (χ4v) is 3.20. The van der Waals surface area contributed by atoms with E-state index in [-0.39, 0.29) is 12.1 Å². The molecule has 2 aliphatic carbocycles. The van der Waals surface area contributed by atoms with Crippen molar-refractivity contribution >= 4 is 11.7 Å². The predicted octanol–water partition coefficient (Wildman–Crippen LogP) is 3.45. The summed E-state index contributed by atoms with van der Waals surface area (Å²) >= 11 is 0. The van der Waals surface area contributed by atoms with Crippen molar-refractivity contribution in [2.24, 2.45) is 0 Å². The van der Waals surface area contributed by atoms with Gasteiger partial charge in [-0.3, -0.25) is 0 Å². The van der Waals surface area contributed by atoms with E-state index in [4.69, 9.17) is 4.42 Å². The Morgan fingerprint density at radius 3 is 3.04 bits per heavy atom. The molecule has 0 bridgehead atoms. The molecule has 2 heterocycles. The van der Waals surface area contributed by atoms with Crippen molar-refractivity contribution in [1.29, 1.82) is 0 Å². The highest BCUT2D eigenvalue weighted by atomic mass is 16.3. The predicted molar refractivity (Wildman–Crippen MR) is 85.3 cm³/mol. The highest BCUT2D eigenvalue weighted by Crippen LogP contribution is 2.42. The van der Waals surface area contributed by atoms with Gasteiger partial charge in [0.1, 0.15) is 11.6 Å². The molecular weight excluding hydrogens is 292 g/mol. The third-order valence-electron chi connectivity index (χ3n) is 4.51. The molecule has 2 amide bonds. The lowest BCUT2D eigenvalue weighted by Crippen LogP contribution is -2.34. The number of amides is 2. The monoisotopic (exact) mass is 312 g/mol. The lowest BCUT2D eigenvalue weighted by molar-refractivity contribution is 0.246. The van der Waals surface area contributed by atoms with Gasteiger partial charge in [-0.2, -0.15) is 0 Å². The number of rotatable bonds is 3. The Kier molecular flexibility index (Phi) is 3.52. The Morgan fingerprint density at radius 2 is 2.22 bits per heavy atom. The zero-order valence-electron chi connectivity index (χ0n) is 13.1. The Labute approximate surface area is 134 Å². The Morgan fingerprint density at radius 1 is 1.35 bits per heavy atom. The molecule has 1 fully saturated rings. The Hall–Kier alpha value is -2.37. The molecule has 0 aromatic carbocycles. The summed E-state index contributed by atoms with van der Waals surface area (Å²) in [6.07, 6.45) is 8.56. The third kappa shape index (κ3) is 2.93. The minimum absolute atomic E-state index is 0.00763. The zero-order valence-corrected chi connectivity index (χ0v) is 13.1. The van der Waals surface area contributed by atoms with Crippen molar-refractivity contribution in [3.05, 3.63) is 41.4 Å². The Bertz CT molecular complexity index is 736. The molecule has 2 aromatic heterocycles. The maximum atomic E-state index is 12.4. The van der Waals surface area contributed by atoms with Crippen LogP contribution in [-0.2, 0) is 6.42 Å². The van der Waals surface area contributed by atoms with Crippen LogP contribution in [0.5, 0.6) is 0 Å². The van der Waals surface area contributed by atoms with Gasteiger partial charge in [0.05, 0.1) is 29.9 Å². The first-order valence-corrected chi connectivity index (χ1v) is 8.18. The number of hydrogen-bond donors (Lipinski definition) is 2. The molecule has 6 heteroatoms. The van der Waals surface area contributed by atoms with Gasteiger partial charge in [-0.15, -0.1) is 0 Å². The second kappa shape index (κ2) is 5.68. The molecule has 1 saturated carbocycles. The van der Waals surface area contributed by atoms with E-state index in [1.807, 2.05) is 13.0 Å². The zero-order chi connectivity index (χ0) is 15.8. The smallest absolute Gasteiger partial charge is 0.319 e. The van der Waals surface area contributed by atoms with E-state index in [1.165, 1.54) is 0 Å². The van der Waals surface area contributed by atoms with E-state index in [1.54, 1.807) is 12.5 Å². The number of anilines is 1.